The first kappa shape index (κ1) is 28.3. The van der Waals surface area contributed by atoms with Crippen molar-refractivity contribution in [1.82, 2.24) is 9.97 Å². The molecule has 0 amide bonds. The zero-order valence-electron chi connectivity index (χ0n) is 27.0. The molecular formula is C45H34N2O2. The van der Waals surface area contributed by atoms with Gasteiger partial charge in [0, 0.05) is 41.9 Å². The molecule has 5 aromatic rings. The highest BCUT2D eigenvalue weighted by molar-refractivity contribution is 5.87. The van der Waals surface area contributed by atoms with Gasteiger partial charge in [-0.05, 0) is 40.0 Å². The average Bonchev–Trinajstić information content (AvgIpc) is 3.78. The summed E-state index contributed by atoms with van der Waals surface area (Å²) in [6.45, 7) is 0. The summed E-state index contributed by atoms with van der Waals surface area (Å²) in [4.78, 5) is 10.0. The predicted molar refractivity (Wildman–Crippen MR) is 193 cm³/mol. The molecule has 3 aliphatic carbocycles. The number of aromatic nitrogens is 2. The van der Waals surface area contributed by atoms with Crippen molar-refractivity contribution in [3.05, 3.63) is 191 Å². The SMILES string of the molecule is C1=CCC2OC3=C(C=CC(C4=CCC(c5cc(-c6ccccc6)nc(-c6ccccc6)n5)O4)C3)C3(C2=C1)c1ccccc1-c1ccccc13. The van der Waals surface area contributed by atoms with Crippen molar-refractivity contribution >= 4 is 0 Å². The predicted octanol–water partition coefficient (Wildman–Crippen LogP) is 10.2. The number of fused-ring (bicyclic) bond motifs is 8. The van der Waals surface area contributed by atoms with Crippen molar-refractivity contribution in [3.63, 3.8) is 0 Å². The third kappa shape index (κ3) is 4.37. The van der Waals surface area contributed by atoms with Gasteiger partial charge in [0.15, 0.2) is 5.82 Å². The summed E-state index contributed by atoms with van der Waals surface area (Å²) in [5, 5.41) is 0. The number of allylic oxidation sites excluding steroid dienone is 6. The second kappa shape index (κ2) is 11.2. The summed E-state index contributed by atoms with van der Waals surface area (Å²) in [5.41, 5.74) is 11.4. The van der Waals surface area contributed by atoms with Gasteiger partial charge in [0.2, 0.25) is 0 Å². The molecule has 0 bridgehead atoms. The molecule has 1 aromatic heterocycles. The fraction of sp³-hybridized carbons (Fsp3) is 0.156. The minimum absolute atomic E-state index is 0.00447. The maximum atomic E-state index is 6.95. The van der Waals surface area contributed by atoms with Gasteiger partial charge in [-0.1, -0.05) is 140 Å². The smallest absolute Gasteiger partial charge is 0.160 e. The molecular weight excluding hydrogens is 601 g/mol. The lowest BCUT2D eigenvalue weighted by atomic mass is 9.61. The Kier molecular flexibility index (Phi) is 6.45. The molecule has 1 spiro atoms. The Morgan fingerprint density at radius 2 is 1.37 bits per heavy atom. The maximum Gasteiger partial charge on any atom is 0.160 e. The van der Waals surface area contributed by atoms with Crippen LogP contribution in [-0.2, 0) is 14.9 Å². The van der Waals surface area contributed by atoms with Gasteiger partial charge < -0.3 is 9.47 Å². The average molecular weight is 635 g/mol. The van der Waals surface area contributed by atoms with Crippen molar-refractivity contribution < 1.29 is 9.47 Å². The van der Waals surface area contributed by atoms with Gasteiger partial charge in [-0.25, -0.2) is 9.97 Å². The van der Waals surface area contributed by atoms with E-state index in [9.17, 15) is 0 Å². The van der Waals surface area contributed by atoms with Crippen molar-refractivity contribution in [2.24, 2.45) is 5.92 Å². The van der Waals surface area contributed by atoms with Crippen LogP contribution in [0.25, 0.3) is 33.8 Å². The molecule has 4 heteroatoms. The van der Waals surface area contributed by atoms with E-state index in [-0.39, 0.29) is 23.5 Å². The zero-order valence-corrected chi connectivity index (χ0v) is 27.0. The Labute approximate surface area is 286 Å². The summed E-state index contributed by atoms with van der Waals surface area (Å²) in [6, 6.07) is 40.5. The highest BCUT2D eigenvalue weighted by Crippen LogP contribution is 2.62. The Morgan fingerprint density at radius 3 is 2.12 bits per heavy atom. The van der Waals surface area contributed by atoms with Crippen LogP contribution in [0, 0.1) is 5.92 Å². The molecule has 3 heterocycles. The van der Waals surface area contributed by atoms with E-state index in [0.29, 0.717) is 5.82 Å². The van der Waals surface area contributed by atoms with Crippen molar-refractivity contribution in [2.75, 3.05) is 0 Å². The monoisotopic (exact) mass is 634 g/mol. The molecule has 3 atom stereocenters. The fourth-order valence-electron chi connectivity index (χ4n) is 8.58. The highest BCUT2D eigenvalue weighted by Gasteiger charge is 2.54. The molecule has 236 valence electrons. The van der Waals surface area contributed by atoms with E-state index in [0.717, 1.165) is 53.3 Å². The van der Waals surface area contributed by atoms with Gasteiger partial charge in [0.25, 0.3) is 0 Å². The van der Waals surface area contributed by atoms with E-state index in [1.807, 2.05) is 36.4 Å². The van der Waals surface area contributed by atoms with Crippen LogP contribution in [0.4, 0.5) is 0 Å². The van der Waals surface area contributed by atoms with Crippen LogP contribution < -0.4 is 0 Å². The first-order valence-corrected chi connectivity index (χ1v) is 17.3. The first-order chi connectivity index (χ1) is 24.3. The van der Waals surface area contributed by atoms with Crippen molar-refractivity contribution in [1.29, 1.82) is 0 Å². The number of nitrogens with zero attached hydrogens (tertiary/aromatic N) is 2. The normalized spacial score (nSPS) is 22.3. The number of hydrogen-bond donors (Lipinski definition) is 0. The zero-order chi connectivity index (χ0) is 32.4. The first-order valence-electron chi connectivity index (χ1n) is 17.3. The quantitative estimate of drug-likeness (QED) is 0.197. The van der Waals surface area contributed by atoms with E-state index in [4.69, 9.17) is 19.4 Å². The minimum atomic E-state index is -0.367. The molecule has 0 saturated carbocycles. The number of rotatable bonds is 4. The lowest BCUT2D eigenvalue weighted by Crippen LogP contribution is -2.43. The second-order valence-electron chi connectivity index (χ2n) is 13.4. The molecule has 10 rings (SSSR count). The molecule has 3 unspecified atom stereocenters. The Bertz CT molecular complexity index is 2170. The van der Waals surface area contributed by atoms with Crippen molar-refractivity contribution in [2.45, 2.75) is 36.9 Å². The molecule has 2 aliphatic heterocycles. The van der Waals surface area contributed by atoms with E-state index in [1.165, 1.54) is 33.4 Å². The van der Waals surface area contributed by atoms with Gasteiger partial charge in [-0.2, -0.15) is 0 Å². The highest BCUT2D eigenvalue weighted by atomic mass is 16.5. The molecule has 0 N–H and O–H groups in total. The summed E-state index contributed by atoms with van der Waals surface area (Å²) in [7, 11) is 0. The standard InChI is InChI=1S/C45H34N2O2/c1-3-13-29(14-4-1)38-28-39(47-44(46-38)30-15-5-2-6-16-30)42-26-25-40(48-42)31-23-24-37-43(27-31)49-41-22-12-11-21-36(41)45(37)34-19-9-7-17-32(34)33-18-8-10-20-35(33)45/h1-21,23-25,28,31,41-42H,22,26-27H2. The molecule has 4 aromatic carbocycles. The van der Waals surface area contributed by atoms with E-state index < -0.39 is 0 Å². The van der Waals surface area contributed by atoms with Crippen molar-refractivity contribution in [3.8, 4) is 33.8 Å². The summed E-state index contributed by atoms with van der Waals surface area (Å²) in [5.74, 6) is 2.86. The fourth-order valence-corrected chi connectivity index (χ4v) is 8.58. The summed E-state index contributed by atoms with van der Waals surface area (Å²) in [6.07, 6.45) is 15.9. The topological polar surface area (TPSA) is 44.2 Å². The summed E-state index contributed by atoms with van der Waals surface area (Å²) < 4.78 is 13.8. The number of ether oxygens (including phenoxy) is 2. The molecule has 49 heavy (non-hydrogen) atoms. The van der Waals surface area contributed by atoms with E-state index in [2.05, 4.69) is 115 Å². The van der Waals surface area contributed by atoms with Crippen LogP contribution in [0.15, 0.2) is 174 Å². The molecule has 5 aliphatic rings. The van der Waals surface area contributed by atoms with Crippen LogP contribution >= 0.6 is 0 Å². The van der Waals surface area contributed by atoms with Crippen LogP contribution in [0.1, 0.15) is 42.2 Å². The molecule has 0 radical (unpaired) electrons. The van der Waals surface area contributed by atoms with Crippen LogP contribution in [0.5, 0.6) is 0 Å². The van der Waals surface area contributed by atoms with Crippen LogP contribution in [-0.4, -0.2) is 16.1 Å². The Morgan fingerprint density at radius 1 is 0.673 bits per heavy atom. The van der Waals surface area contributed by atoms with Gasteiger partial charge in [-0.3, -0.25) is 0 Å². The minimum Gasteiger partial charge on any atom is -0.490 e. The largest absolute Gasteiger partial charge is 0.490 e. The van der Waals surface area contributed by atoms with Crippen LogP contribution in [0.3, 0.4) is 0 Å². The number of hydrogen-bond acceptors (Lipinski definition) is 4. The van der Waals surface area contributed by atoms with Crippen LogP contribution in [0.2, 0.25) is 0 Å². The second-order valence-corrected chi connectivity index (χ2v) is 13.4. The number of benzene rings is 4. The van der Waals surface area contributed by atoms with Gasteiger partial charge in [0.1, 0.15) is 23.7 Å². The Hall–Kier alpha value is -5.74. The lowest BCUT2D eigenvalue weighted by Gasteiger charge is -2.47. The molecule has 0 saturated heterocycles. The van der Waals surface area contributed by atoms with E-state index >= 15 is 0 Å². The van der Waals surface area contributed by atoms with Gasteiger partial charge >= 0.3 is 0 Å². The Balaban J connectivity index is 0.998. The lowest BCUT2D eigenvalue weighted by molar-refractivity contribution is 0.0928. The molecule has 0 fully saturated rings. The van der Waals surface area contributed by atoms with E-state index in [1.54, 1.807) is 0 Å². The van der Waals surface area contributed by atoms with Gasteiger partial charge in [-0.15, -0.1) is 0 Å². The van der Waals surface area contributed by atoms with Gasteiger partial charge in [0.05, 0.1) is 16.8 Å². The molecule has 4 nitrogen and oxygen atoms in total. The third-order valence-corrected chi connectivity index (χ3v) is 10.7. The maximum absolute atomic E-state index is 6.95. The summed E-state index contributed by atoms with van der Waals surface area (Å²) >= 11 is 0. The third-order valence-electron chi connectivity index (χ3n) is 10.7.